The highest BCUT2D eigenvalue weighted by molar-refractivity contribution is 7.92. The van der Waals surface area contributed by atoms with Crippen LogP contribution in [0.25, 0.3) is 0 Å². The van der Waals surface area contributed by atoms with Crippen molar-refractivity contribution in [1.82, 2.24) is 0 Å². The maximum absolute atomic E-state index is 12.5. The summed E-state index contributed by atoms with van der Waals surface area (Å²) in [6.07, 6.45) is 0. The van der Waals surface area contributed by atoms with Crippen molar-refractivity contribution in [3.8, 4) is 5.75 Å². The van der Waals surface area contributed by atoms with Gasteiger partial charge in [-0.2, -0.15) is 0 Å². The fraction of sp³-hybridized carbons (Fsp3) is 0.0952. The van der Waals surface area contributed by atoms with Gasteiger partial charge in [0.25, 0.3) is 15.9 Å². The van der Waals surface area contributed by atoms with Crippen LogP contribution in [0.15, 0.2) is 71.6 Å². The first kappa shape index (κ1) is 22.0. The Bertz CT molecular complexity index is 1150. The molecule has 3 rings (SSSR count). The summed E-state index contributed by atoms with van der Waals surface area (Å²) in [5.41, 5.74) is 1.87. The molecule has 6 nitrogen and oxygen atoms in total. The van der Waals surface area contributed by atoms with Gasteiger partial charge in [-0.3, -0.25) is 9.52 Å². The Kier molecular flexibility index (Phi) is 6.87. The van der Waals surface area contributed by atoms with Crippen LogP contribution in [0.1, 0.15) is 5.56 Å². The molecule has 0 saturated heterocycles. The van der Waals surface area contributed by atoms with Crippen molar-refractivity contribution in [2.24, 2.45) is 0 Å². The highest BCUT2D eigenvalue weighted by Gasteiger charge is 2.14. The molecule has 0 fully saturated rings. The molecular weight excluding hydrogens is 447 g/mol. The number of carbonyl (C=O) groups is 1. The van der Waals surface area contributed by atoms with Crippen molar-refractivity contribution < 1.29 is 17.9 Å². The van der Waals surface area contributed by atoms with E-state index >= 15 is 0 Å². The van der Waals surface area contributed by atoms with E-state index in [1.807, 2.05) is 6.92 Å². The molecule has 0 atom stereocenters. The number of hydrogen-bond acceptors (Lipinski definition) is 4. The summed E-state index contributed by atoms with van der Waals surface area (Å²) in [5.74, 6) is 0.0185. The topological polar surface area (TPSA) is 84.5 Å². The maximum Gasteiger partial charge on any atom is 0.262 e. The number of carbonyl (C=O) groups excluding carboxylic acids is 1. The van der Waals surface area contributed by atoms with E-state index in [9.17, 15) is 13.2 Å². The number of benzene rings is 3. The number of nitrogens with one attached hydrogen (secondary N) is 2. The lowest BCUT2D eigenvalue weighted by Gasteiger charge is -2.11. The van der Waals surface area contributed by atoms with Gasteiger partial charge in [-0.25, -0.2) is 8.42 Å². The molecule has 0 saturated carbocycles. The predicted octanol–water partition coefficient (Wildman–Crippen LogP) is 5.12. The molecule has 0 aliphatic rings. The van der Waals surface area contributed by atoms with Crippen LogP contribution in [0.3, 0.4) is 0 Å². The Balaban J connectivity index is 1.58. The summed E-state index contributed by atoms with van der Waals surface area (Å²) in [4.78, 5) is 12.2. The first-order valence-electron chi connectivity index (χ1n) is 8.80. The van der Waals surface area contributed by atoms with Crippen LogP contribution in [0.5, 0.6) is 5.75 Å². The van der Waals surface area contributed by atoms with Crippen LogP contribution in [-0.4, -0.2) is 20.9 Å². The van der Waals surface area contributed by atoms with Gasteiger partial charge in [-0.1, -0.05) is 23.2 Å². The summed E-state index contributed by atoms with van der Waals surface area (Å²) < 4.78 is 32.8. The van der Waals surface area contributed by atoms with Gasteiger partial charge in [0.1, 0.15) is 5.75 Å². The van der Waals surface area contributed by atoms with Crippen LogP contribution in [0, 0.1) is 6.92 Å². The molecule has 3 aromatic rings. The van der Waals surface area contributed by atoms with Crippen LogP contribution >= 0.6 is 23.2 Å². The number of amides is 1. The average molecular weight is 465 g/mol. The van der Waals surface area contributed by atoms with Gasteiger partial charge in [0.05, 0.1) is 4.90 Å². The fourth-order valence-corrected chi connectivity index (χ4v) is 3.96. The second-order valence-corrected chi connectivity index (χ2v) is 8.94. The van der Waals surface area contributed by atoms with Gasteiger partial charge < -0.3 is 10.1 Å². The number of anilines is 2. The summed E-state index contributed by atoms with van der Waals surface area (Å²) in [7, 11) is -3.76. The molecule has 2 N–H and O–H groups in total. The van der Waals surface area contributed by atoms with Crippen LogP contribution in [-0.2, 0) is 14.8 Å². The molecule has 0 spiro atoms. The summed E-state index contributed by atoms with van der Waals surface area (Å²) >= 11 is 11.7. The molecule has 0 aromatic heterocycles. The Morgan fingerprint density at radius 2 is 1.57 bits per heavy atom. The Hall–Kier alpha value is -2.74. The van der Waals surface area contributed by atoms with Crippen LogP contribution in [0.4, 0.5) is 11.4 Å². The van der Waals surface area contributed by atoms with E-state index in [1.54, 1.807) is 42.5 Å². The third kappa shape index (κ3) is 5.89. The molecule has 3 aromatic carbocycles. The fourth-order valence-electron chi connectivity index (χ4n) is 2.55. The monoisotopic (exact) mass is 464 g/mol. The minimum Gasteiger partial charge on any atom is -0.484 e. The molecule has 0 aliphatic carbocycles. The van der Waals surface area contributed by atoms with E-state index in [2.05, 4.69) is 10.0 Å². The lowest BCUT2D eigenvalue weighted by Crippen LogP contribution is -2.20. The number of hydrogen-bond donors (Lipinski definition) is 2. The van der Waals surface area contributed by atoms with Gasteiger partial charge in [0.15, 0.2) is 6.61 Å². The molecule has 0 heterocycles. The second kappa shape index (κ2) is 9.38. The molecule has 0 unspecified atom stereocenters. The Morgan fingerprint density at radius 3 is 2.20 bits per heavy atom. The molecule has 156 valence electrons. The van der Waals surface area contributed by atoms with E-state index < -0.39 is 10.0 Å². The molecule has 9 heteroatoms. The molecular formula is C21H18Cl2N2O4S. The first-order valence-corrected chi connectivity index (χ1v) is 11.0. The van der Waals surface area contributed by atoms with Gasteiger partial charge in [-0.15, -0.1) is 0 Å². The lowest BCUT2D eigenvalue weighted by atomic mass is 10.2. The molecule has 0 bridgehead atoms. The third-order valence-corrected chi connectivity index (χ3v) is 5.95. The standard InChI is InChI=1S/C21H18Cl2N2O4S/c1-14-12-16(23)4-11-20(14)24-21(26)13-29-18-7-9-19(10-8-18)30(27,28)25-17-5-2-15(22)3-6-17/h2-12,25H,13H2,1H3,(H,24,26). The normalized spacial score (nSPS) is 11.0. The van der Waals surface area contributed by atoms with E-state index in [0.717, 1.165) is 5.56 Å². The molecule has 30 heavy (non-hydrogen) atoms. The van der Waals surface area contributed by atoms with E-state index in [-0.39, 0.29) is 17.4 Å². The van der Waals surface area contributed by atoms with Gasteiger partial charge >= 0.3 is 0 Å². The minimum atomic E-state index is -3.76. The van der Waals surface area contributed by atoms with Crippen molar-refractivity contribution in [2.45, 2.75) is 11.8 Å². The van der Waals surface area contributed by atoms with Gasteiger partial charge in [-0.05, 0) is 79.2 Å². The van der Waals surface area contributed by atoms with Crippen LogP contribution < -0.4 is 14.8 Å². The summed E-state index contributed by atoms with van der Waals surface area (Å²) in [5, 5.41) is 3.83. The zero-order valence-corrected chi connectivity index (χ0v) is 18.2. The quantitative estimate of drug-likeness (QED) is 0.507. The molecule has 0 aliphatic heterocycles. The van der Waals surface area contributed by atoms with Crippen molar-refractivity contribution >= 4 is 50.5 Å². The SMILES string of the molecule is Cc1cc(Cl)ccc1NC(=O)COc1ccc(S(=O)(=O)Nc2ccc(Cl)cc2)cc1. The predicted molar refractivity (Wildman–Crippen MR) is 119 cm³/mol. The largest absolute Gasteiger partial charge is 0.484 e. The van der Waals surface area contributed by atoms with Crippen molar-refractivity contribution in [1.29, 1.82) is 0 Å². The third-order valence-electron chi connectivity index (χ3n) is 4.06. The Morgan fingerprint density at radius 1 is 0.933 bits per heavy atom. The number of ether oxygens (including phenoxy) is 1. The van der Waals surface area contributed by atoms with Gasteiger partial charge in [0.2, 0.25) is 0 Å². The summed E-state index contributed by atoms with van der Waals surface area (Å²) in [6.45, 7) is 1.61. The number of sulfonamides is 1. The highest BCUT2D eigenvalue weighted by Crippen LogP contribution is 2.22. The number of rotatable bonds is 7. The van der Waals surface area contributed by atoms with E-state index in [0.29, 0.717) is 27.2 Å². The number of aryl methyl sites for hydroxylation is 1. The Labute approximate surface area is 184 Å². The lowest BCUT2D eigenvalue weighted by molar-refractivity contribution is -0.118. The van der Waals surface area contributed by atoms with E-state index in [1.165, 1.54) is 24.3 Å². The molecule has 0 radical (unpaired) electrons. The second-order valence-electron chi connectivity index (χ2n) is 6.38. The van der Waals surface area contributed by atoms with Crippen molar-refractivity contribution in [3.63, 3.8) is 0 Å². The first-order chi connectivity index (χ1) is 14.2. The van der Waals surface area contributed by atoms with E-state index in [4.69, 9.17) is 27.9 Å². The molecule has 1 amide bonds. The zero-order valence-electron chi connectivity index (χ0n) is 15.9. The van der Waals surface area contributed by atoms with Gasteiger partial charge in [0, 0.05) is 21.4 Å². The van der Waals surface area contributed by atoms with Crippen molar-refractivity contribution in [2.75, 3.05) is 16.6 Å². The number of halogens is 2. The minimum absolute atomic E-state index is 0.0611. The van der Waals surface area contributed by atoms with Crippen LogP contribution in [0.2, 0.25) is 10.0 Å². The maximum atomic E-state index is 12.5. The zero-order chi connectivity index (χ0) is 21.7. The van der Waals surface area contributed by atoms with Crippen molar-refractivity contribution in [3.05, 3.63) is 82.3 Å². The smallest absolute Gasteiger partial charge is 0.262 e. The average Bonchev–Trinajstić information content (AvgIpc) is 2.70. The summed E-state index contributed by atoms with van der Waals surface area (Å²) in [6, 6.07) is 17.2. The highest BCUT2D eigenvalue weighted by atomic mass is 35.5.